The van der Waals surface area contributed by atoms with E-state index in [4.69, 9.17) is 0 Å². The van der Waals surface area contributed by atoms with Crippen LogP contribution in [0.1, 0.15) is 49.5 Å². The van der Waals surface area contributed by atoms with Gasteiger partial charge in [0.2, 0.25) is 11.0 Å². The lowest BCUT2D eigenvalue weighted by Gasteiger charge is -2.31. The highest BCUT2D eigenvalue weighted by molar-refractivity contribution is 7.15. The maximum absolute atomic E-state index is 13.0. The van der Waals surface area contributed by atoms with Gasteiger partial charge in [-0.1, -0.05) is 24.2 Å². The van der Waals surface area contributed by atoms with Gasteiger partial charge in [-0.15, -0.1) is 10.2 Å². The standard InChI is InChI=1S/C13H16F3N3OS/c14-13(15,16)9-4-2-1-3-8(9)10(20)17-12-19-18-11(21-12)7-5-6-7/h7-9H,1-6H2,(H,17,19,20)/t8-,9+/m0/s1. The third kappa shape index (κ3) is 3.36. The smallest absolute Gasteiger partial charge is 0.300 e. The lowest BCUT2D eigenvalue weighted by molar-refractivity contribution is -0.197. The van der Waals surface area contributed by atoms with Crippen molar-refractivity contribution in [2.24, 2.45) is 11.8 Å². The molecule has 1 aromatic heterocycles. The van der Waals surface area contributed by atoms with Crippen LogP contribution in [0.4, 0.5) is 18.3 Å². The Balaban J connectivity index is 1.67. The molecular weight excluding hydrogens is 303 g/mol. The first-order chi connectivity index (χ1) is 9.95. The summed E-state index contributed by atoms with van der Waals surface area (Å²) in [5.74, 6) is -2.70. The first kappa shape index (κ1) is 14.7. The van der Waals surface area contributed by atoms with Crippen LogP contribution in [0.3, 0.4) is 0 Å². The SMILES string of the molecule is O=C(Nc1nnc(C2CC2)s1)[C@H]1CCCC[C@H]1C(F)(F)F. The van der Waals surface area contributed by atoms with Gasteiger partial charge in [-0.3, -0.25) is 4.79 Å². The molecule has 1 amide bonds. The number of rotatable bonds is 3. The van der Waals surface area contributed by atoms with E-state index in [-0.39, 0.29) is 12.8 Å². The molecule has 0 radical (unpaired) electrons. The van der Waals surface area contributed by atoms with Gasteiger partial charge < -0.3 is 5.32 Å². The fourth-order valence-corrected chi connectivity index (χ4v) is 3.73. The zero-order valence-corrected chi connectivity index (χ0v) is 12.1. The molecule has 1 heterocycles. The van der Waals surface area contributed by atoms with Crippen molar-refractivity contribution in [1.29, 1.82) is 0 Å². The fraction of sp³-hybridized carbons (Fsp3) is 0.769. The third-order valence-corrected chi connectivity index (χ3v) is 5.12. The van der Waals surface area contributed by atoms with Crippen LogP contribution in [0, 0.1) is 11.8 Å². The van der Waals surface area contributed by atoms with Crippen LogP contribution in [0.25, 0.3) is 0 Å². The number of aromatic nitrogens is 2. The number of amides is 1. The average molecular weight is 319 g/mol. The predicted molar refractivity (Wildman–Crippen MR) is 72.0 cm³/mol. The van der Waals surface area contributed by atoms with E-state index in [0.29, 0.717) is 23.9 Å². The Kier molecular flexibility index (Phi) is 3.90. The first-order valence-electron chi connectivity index (χ1n) is 7.16. The molecular formula is C13H16F3N3OS. The number of carbonyl (C=O) groups is 1. The van der Waals surface area contributed by atoms with E-state index in [1.165, 1.54) is 11.3 Å². The highest BCUT2D eigenvalue weighted by Crippen LogP contribution is 2.43. The molecule has 2 fully saturated rings. The Morgan fingerprint density at radius 2 is 1.86 bits per heavy atom. The summed E-state index contributed by atoms with van der Waals surface area (Å²) in [6, 6.07) is 0. The van der Waals surface area contributed by atoms with Crippen LogP contribution in [0.15, 0.2) is 0 Å². The van der Waals surface area contributed by atoms with Crippen molar-refractivity contribution in [1.82, 2.24) is 10.2 Å². The molecule has 8 heteroatoms. The number of hydrogen-bond donors (Lipinski definition) is 1. The van der Waals surface area contributed by atoms with Crippen molar-refractivity contribution in [3.05, 3.63) is 5.01 Å². The Morgan fingerprint density at radius 1 is 1.14 bits per heavy atom. The van der Waals surface area contributed by atoms with Crippen molar-refractivity contribution in [2.45, 2.75) is 50.6 Å². The molecule has 2 aliphatic carbocycles. The molecule has 2 atom stereocenters. The average Bonchev–Trinajstić information content (AvgIpc) is 3.19. The van der Waals surface area contributed by atoms with Crippen LogP contribution in [-0.2, 0) is 4.79 Å². The molecule has 0 unspecified atom stereocenters. The Hall–Kier alpha value is -1.18. The van der Waals surface area contributed by atoms with E-state index in [0.717, 1.165) is 17.8 Å². The minimum Gasteiger partial charge on any atom is -0.300 e. The summed E-state index contributed by atoms with van der Waals surface area (Å²) in [6.45, 7) is 0. The van der Waals surface area contributed by atoms with Crippen LogP contribution >= 0.6 is 11.3 Å². The van der Waals surface area contributed by atoms with Gasteiger partial charge in [-0.2, -0.15) is 13.2 Å². The van der Waals surface area contributed by atoms with Crippen molar-refractivity contribution in [3.8, 4) is 0 Å². The summed E-state index contributed by atoms with van der Waals surface area (Å²) in [5, 5.41) is 11.5. The molecule has 0 aliphatic heterocycles. The molecule has 0 aromatic carbocycles. The van der Waals surface area contributed by atoms with Gasteiger partial charge >= 0.3 is 6.18 Å². The quantitative estimate of drug-likeness (QED) is 0.924. The van der Waals surface area contributed by atoms with E-state index in [1.807, 2.05) is 0 Å². The van der Waals surface area contributed by atoms with Gasteiger partial charge in [0.1, 0.15) is 5.01 Å². The fourth-order valence-electron chi connectivity index (χ4n) is 2.81. The van der Waals surface area contributed by atoms with Crippen molar-refractivity contribution in [2.75, 3.05) is 5.32 Å². The summed E-state index contributed by atoms with van der Waals surface area (Å²) < 4.78 is 39.0. The molecule has 0 bridgehead atoms. The second kappa shape index (κ2) is 5.55. The highest BCUT2D eigenvalue weighted by Gasteiger charge is 2.48. The van der Waals surface area contributed by atoms with E-state index in [2.05, 4.69) is 15.5 Å². The number of hydrogen-bond acceptors (Lipinski definition) is 4. The predicted octanol–water partition coefficient (Wildman–Crippen LogP) is 3.72. The van der Waals surface area contributed by atoms with Gasteiger partial charge in [0.15, 0.2) is 0 Å². The lowest BCUT2D eigenvalue weighted by atomic mass is 9.78. The Labute approximate surface area is 124 Å². The zero-order valence-electron chi connectivity index (χ0n) is 11.3. The number of alkyl halides is 3. The number of halogens is 3. The van der Waals surface area contributed by atoms with E-state index < -0.39 is 23.9 Å². The van der Waals surface area contributed by atoms with Gasteiger partial charge in [0.05, 0.1) is 5.92 Å². The van der Waals surface area contributed by atoms with Crippen molar-refractivity contribution >= 4 is 22.4 Å². The molecule has 2 aliphatic rings. The number of carbonyl (C=O) groups excluding carboxylic acids is 1. The summed E-state index contributed by atoms with van der Waals surface area (Å²) >= 11 is 1.27. The monoisotopic (exact) mass is 319 g/mol. The third-order valence-electron chi connectivity index (χ3n) is 4.12. The van der Waals surface area contributed by atoms with Gasteiger partial charge in [0.25, 0.3) is 0 Å². The second-order valence-corrected chi connectivity index (χ2v) is 6.76. The van der Waals surface area contributed by atoms with Crippen LogP contribution in [0.5, 0.6) is 0 Å². The number of nitrogens with zero attached hydrogens (tertiary/aromatic N) is 2. The molecule has 1 aromatic rings. The molecule has 21 heavy (non-hydrogen) atoms. The molecule has 1 N–H and O–H groups in total. The van der Waals surface area contributed by atoms with Gasteiger partial charge in [-0.05, 0) is 25.7 Å². The van der Waals surface area contributed by atoms with E-state index in [1.54, 1.807) is 0 Å². The lowest BCUT2D eigenvalue weighted by Crippen LogP contribution is -2.39. The highest BCUT2D eigenvalue weighted by atomic mass is 32.1. The molecule has 3 rings (SSSR count). The summed E-state index contributed by atoms with van der Waals surface area (Å²) in [4.78, 5) is 12.1. The Bertz CT molecular complexity index is 527. The molecule has 4 nitrogen and oxygen atoms in total. The van der Waals surface area contributed by atoms with Crippen molar-refractivity contribution in [3.63, 3.8) is 0 Å². The minimum atomic E-state index is -4.32. The van der Waals surface area contributed by atoms with E-state index >= 15 is 0 Å². The normalized spacial score (nSPS) is 26.6. The zero-order chi connectivity index (χ0) is 15.0. The van der Waals surface area contributed by atoms with E-state index in [9.17, 15) is 18.0 Å². The molecule has 116 valence electrons. The molecule has 2 saturated carbocycles. The summed E-state index contributed by atoms with van der Waals surface area (Å²) in [5.41, 5.74) is 0. The Morgan fingerprint density at radius 3 is 2.52 bits per heavy atom. The molecule has 0 spiro atoms. The van der Waals surface area contributed by atoms with Crippen LogP contribution in [-0.4, -0.2) is 22.3 Å². The maximum Gasteiger partial charge on any atom is 0.392 e. The summed E-state index contributed by atoms with van der Waals surface area (Å²) in [6.07, 6.45) is -0.673. The van der Waals surface area contributed by atoms with Gasteiger partial charge in [0, 0.05) is 11.8 Å². The van der Waals surface area contributed by atoms with Crippen LogP contribution in [0.2, 0.25) is 0 Å². The topological polar surface area (TPSA) is 54.9 Å². The largest absolute Gasteiger partial charge is 0.392 e. The molecule has 0 saturated heterocycles. The first-order valence-corrected chi connectivity index (χ1v) is 7.98. The van der Waals surface area contributed by atoms with Crippen LogP contribution < -0.4 is 5.32 Å². The summed E-state index contributed by atoms with van der Waals surface area (Å²) in [7, 11) is 0. The second-order valence-electron chi connectivity index (χ2n) is 5.75. The van der Waals surface area contributed by atoms with Gasteiger partial charge in [-0.25, -0.2) is 0 Å². The maximum atomic E-state index is 13.0. The van der Waals surface area contributed by atoms with Crippen molar-refractivity contribution < 1.29 is 18.0 Å². The number of anilines is 1. The minimum absolute atomic E-state index is 0.0328. The number of nitrogens with one attached hydrogen (secondary N) is 1.